The molecular weight excluding hydrogens is 250 g/mol. The van der Waals surface area contributed by atoms with Gasteiger partial charge in [-0.05, 0) is 25.1 Å². The second-order valence-electron chi connectivity index (χ2n) is 4.82. The van der Waals surface area contributed by atoms with Crippen LogP contribution in [0.4, 0.5) is 5.82 Å². The Morgan fingerprint density at radius 1 is 1.15 bits per heavy atom. The Morgan fingerprint density at radius 3 is 2.75 bits per heavy atom. The number of hydrogen-bond acceptors (Lipinski definition) is 3. The third-order valence-corrected chi connectivity index (χ3v) is 3.43. The molecule has 0 aliphatic carbocycles. The van der Waals surface area contributed by atoms with Crippen molar-refractivity contribution < 1.29 is 0 Å². The van der Waals surface area contributed by atoms with Gasteiger partial charge in [-0.1, -0.05) is 24.3 Å². The molecule has 0 aliphatic heterocycles. The Morgan fingerprint density at radius 2 is 1.95 bits per heavy atom. The van der Waals surface area contributed by atoms with E-state index < -0.39 is 0 Å². The molecule has 0 unspecified atom stereocenters. The van der Waals surface area contributed by atoms with Crippen LogP contribution in [0.1, 0.15) is 11.3 Å². The highest BCUT2D eigenvalue weighted by molar-refractivity contribution is 5.81. The van der Waals surface area contributed by atoms with E-state index in [0.717, 1.165) is 22.2 Å². The second kappa shape index (κ2) is 4.81. The number of fused-ring (bicyclic) bond motifs is 1. The molecule has 4 heteroatoms. The summed E-state index contributed by atoms with van der Waals surface area (Å²) in [5.41, 5.74) is 8.61. The molecule has 2 N–H and O–H groups in total. The van der Waals surface area contributed by atoms with Crippen molar-refractivity contribution in [2.24, 2.45) is 0 Å². The minimum absolute atomic E-state index is 0.0300. The van der Waals surface area contributed by atoms with Crippen molar-refractivity contribution in [3.63, 3.8) is 0 Å². The first-order valence-corrected chi connectivity index (χ1v) is 6.46. The summed E-state index contributed by atoms with van der Waals surface area (Å²) in [7, 11) is 0. The van der Waals surface area contributed by atoms with Crippen molar-refractivity contribution >= 4 is 16.7 Å². The second-order valence-corrected chi connectivity index (χ2v) is 4.82. The Bertz CT molecular complexity index is 836. The lowest BCUT2D eigenvalue weighted by Gasteiger charge is -2.11. The molecule has 0 bridgehead atoms. The summed E-state index contributed by atoms with van der Waals surface area (Å²) < 4.78 is 1.70. The van der Waals surface area contributed by atoms with Gasteiger partial charge in [0.25, 0.3) is 5.56 Å². The maximum atomic E-state index is 11.9. The molecule has 2 aromatic heterocycles. The van der Waals surface area contributed by atoms with E-state index in [4.69, 9.17) is 5.73 Å². The summed E-state index contributed by atoms with van der Waals surface area (Å²) in [6.07, 6.45) is 0. The average molecular weight is 265 g/mol. The van der Waals surface area contributed by atoms with Crippen molar-refractivity contribution in [2.45, 2.75) is 13.5 Å². The van der Waals surface area contributed by atoms with Gasteiger partial charge in [-0.15, -0.1) is 0 Å². The maximum absolute atomic E-state index is 11.9. The quantitative estimate of drug-likeness (QED) is 0.773. The van der Waals surface area contributed by atoms with Crippen molar-refractivity contribution in [1.82, 2.24) is 9.55 Å². The fourth-order valence-corrected chi connectivity index (χ4v) is 2.30. The number of aryl methyl sites for hydroxylation is 1. The summed E-state index contributed by atoms with van der Waals surface area (Å²) in [6.45, 7) is 2.35. The van der Waals surface area contributed by atoms with Crippen LogP contribution in [0.25, 0.3) is 10.9 Å². The Labute approximate surface area is 116 Å². The molecule has 3 rings (SSSR count). The molecule has 0 fully saturated rings. The molecule has 20 heavy (non-hydrogen) atoms. The number of pyridine rings is 2. The fourth-order valence-electron chi connectivity index (χ4n) is 2.30. The van der Waals surface area contributed by atoms with Crippen molar-refractivity contribution in [1.29, 1.82) is 0 Å². The summed E-state index contributed by atoms with van der Waals surface area (Å²) >= 11 is 0. The Kier molecular flexibility index (Phi) is 2.99. The summed E-state index contributed by atoms with van der Waals surface area (Å²) in [5.74, 6) is 0.471. The first-order chi connectivity index (χ1) is 9.65. The molecule has 0 saturated carbocycles. The average Bonchev–Trinajstić information content (AvgIpc) is 2.43. The van der Waals surface area contributed by atoms with Crippen LogP contribution in [0.15, 0.2) is 53.3 Å². The molecule has 0 saturated heterocycles. The van der Waals surface area contributed by atoms with Crippen LogP contribution in [0.2, 0.25) is 0 Å². The largest absolute Gasteiger partial charge is 0.383 e. The van der Waals surface area contributed by atoms with Crippen LogP contribution in [0, 0.1) is 6.92 Å². The van der Waals surface area contributed by atoms with Gasteiger partial charge in [0.05, 0.1) is 12.1 Å². The van der Waals surface area contributed by atoms with E-state index in [2.05, 4.69) is 4.98 Å². The summed E-state index contributed by atoms with van der Waals surface area (Å²) in [4.78, 5) is 16.3. The fraction of sp³-hybridized carbons (Fsp3) is 0.125. The first kappa shape index (κ1) is 12.4. The Balaban J connectivity index is 2.11. The zero-order chi connectivity index (χ0) is 14.1. The number of anilines is 1. The molecule has 0 atom stereocenters. The lowest BCUT2D eigenvalue weighted by atomic mass is 10.1. The molecule has 0 radical (unpaired) electrons. The first-order valence-electron chi connectivity index (χ1n) is 6.46. The normalized spacial score (nSPS) is 10.8. The molecule has 4 nitrogen and oxygen atoms in total. The van der Waals surface area contributed by atoms with Crippen LogP contribution in [0.5, 0.6) is 0 Å². The van der Waals surface area contributed by atoms with Gasteiger partial charge in [-0.2, -0.15) is 0 Å². The minimum Gasteiger partial charge on any atom is -0.383 e. The number of hydrogen-bond donors (Lipinski definition) is 1. The van der Waals surface area contributed by atoms with Crippen molar-refractivity contribution in [3.8, 4) is 0 Å². The summed E-state index contributed by atoms with van der Waals surface area (Å²) in [5, 5.41) is 1.03. The number of para-hydroxylation sites is 1. The van der Waals surface area contributed by atoms with Gasteiger partial charge >= 0.3 is 0 Å². The van der Waals surface area contributed by atoms with E-state index >= 15 is 0 Å². The van der Waals surface area contributed by atoms with Crippen LogP contribution < -0.4 is 11.3 Å². The van der Waals surface area contributed by atoms with E-state index in [1.165, 1.54) is 0 Å². The van der Waals surface area contributed by atoms with E-state index in [9.17, 15) is 4.79 Å². The van der Waals surface area contributed by atoms with Crippen molar-refractivity contribution in [2.75, 3.05) is 5.73 Å². The van der Waals surface area contributed by atoms with Crippen LogP contribution in [-0.2, 0) is 6.54 Å². The molecular formula is C16H15N3O. The van der Waals surface area contributed by atoms with Gasteiger partial charge in [-0.25, -0.2) is 4.98 Å². The van der Waals surface area contributed by atoms with Gasteiger partial charge in [0.15, 0.2) is 0 Å². The topological polar surface area (TPSA) is 60.9 Å². The molecule has 3 aromatic rings. The van der Waals surface area contributed by atoms with E-state index in [1.54, 1.807) is 16.7 Å². The Hall–Kier alpha value is -2.62. The lowest BCUT2D eigenvalue weighted by molar-refractivity contribution is 0.730. The van der Waals surface area contributed by atoms with Crippen LogP contribution in [0.3, 0.4) is 0 Å². The van der Waals surface area contributed by atoms with Gasteiger partial charge < -0.3 is 10.3 Å². The maximum Gasteiger partial charge on any atom is 0.251 e. The van der Waals surface area contributed by atoms with Crippen molar-refractivity contribution in [3.05, 3.63) is 70.1 Å². The summed E-state index contributed by atoms with van der Waals surface area (Å²) in [6, 6.07) is 15.0. The van der Waals surface area contributed by atoms with Gasteiger partial charge in [-0.3, -0.25) is 4.79 Å². The molecule has 100 valence electrons. The van der Waals surface area contributed by atoms with Crippen LogP contribution in [-0.4, -0.2) is 9.55 Å². The predicted molar refractivity (Wildman–Crippen MR) is 80.7 cm³/mol. The molecule has 1 aromatic carbocycles. The SMILES string of the molecule is Cc1cccc(=O)n1Cc1cc2ccccc2nc1N. The zero-order valence-corrected chi connectivity index (χ0v) is 11.2. The number of nitrogens with two attached hydrogens (primary N) is 1. The highest BCUT2D eigenvalue weighted by atomic mass is 16.1. The number of benzene rings is 1. The number of rotatable bonds is 2. The zero-order valence-electron chi connectivity index (χ0n) is 11.2. The molecule has 0 amide bonds. The number of nitrogen functional groups attached to an aromatic ring is 1. The highest BCUT2D eigenvalue weighted by Crippen LogP contribution is 2.19. The number of nitrogens with zero attached hydrogens (tertiary/aromatic N) is 2. The third kappa shape index (κ3) is 2.16. The minimum atomic E-state index is -0.0300. The molecule has 0 aliphatic rings. The van der Waals surface area contributed by atoms with E-state index in [-0.39, 0.29) is 5.56 Å². The van der Waals surface area contributed by atoms with Gasteiger partial charge in [0.2, 0.25) is 0 Å². The van der Waals surface area contributed by atoms with E-state index in [1.807, 2.05) is 43.3 Å². The molecule has 0 spiro atoms. The standard InChI is InChI=1S/C16H15N3O/c1-11-5-4-8-15(20)19(11)10-13-9-12-6-2-3-7-14(12)18-16(13)17/h2-9H,10H2,1H3,(H2,17,18). The smallest absolute Gasteiger partial charge is 0.251 e. The highest BCUT2D eigenvalue weighted by Gasteiger charge is 2.07. The predicted octanol–water partition coefficient (Wildman–Crippen LogP) is 2.34. The van der Waals surface area contributed by atoms with E-state index in [0.29, 0.717) is 12.4 Å². The van der Waals surface area contributed by atoms with Gasteiger partial charge in [0.1, 0.15) is 5.82 Å². The monoisotopic (exact) mass is 265 g/mol. The lowest BCUT2D eigenvalue weighted by Crippen LogP contribution is -2.22. The van der Waals surface area contributed by atoms with Gasteiger partial charge in [0, 0.05) is 22.7 Å². The molecule has 2 heterocycles. The third-order valence-electron chi connectivity index (χ3n) is 3.43. The number of aromatic nitrogens is 2. The van der Waals surface area contributed by atoms with Crippen LogP contribution >= 0.6 is 0 Å².